The van der Waals surface area contributed by atoms with Gasteiger partial charge < -0.3 is 9.47 Å². The van der Waals surface area contributed by atoms with Crippen LogP contribution in [0, 0.1) is 0 Å². The average Bonchev–Trinajstić information content (AvgIpc) is 2.25. The van der Waals surface area contributed by atoms with Crippen molar-refractivity contribution >= 4 is 15.9 Å². The van der Waals surface area contributed by atoms with Crippen LogP contribution in [0.5, 0.6) is 0 Å². The first-order valence-corrected chi connectivity index (χ1v) is 6.91. The number of hydrogen-bond acceptors (Lipinski definition) is 3. The third-order valence-corrected chi connectivity index (χ3v) is 2.68. The predicted octanol–water partition coefficient (Wildman–Crippen LogP) is 2.15. The van der Waals surface area contributed by atoms with Gasteiger partial charge >= 0.3 is 0 Å². The largest absolute Gasteiger partial charge is 0.380 e. The van der Waals surface area contributed by atoms with Crippen molar-refractivity contribution < 1.29 is 9.47 Å². The Bertz CT molecular complexity index is 115. The van der Waals surface area contributed by atoms with Gasteiger partial charge in [-0.05, 0) is 26.8 Å². The van der Waals surface area contributed by atoms with Crippen molar-refractivity contribution in [2.45, 2.75) is 20.3 Å². The first-order valence-electron chi connectivity index (χ1n) is 5.78. The van der Waals surface area contributed by atoms with E-state index in [0.717, 1.165) is 51.4 Å². The van der Waals surface area contributed by atoms with E-state index in [9.17, 15) is 0 Å². The lowest BCUT2D eigenvalue weighted by Crippen LogP contribution is -2.32. The molecule has 4 heteroatoms. The molecule has 0 spiro atoms. The number of alkyl halides is 1. The zero-order valence-corrected chi connectivity index (χ0v) is 11.6. The molecular weight excluding hydrogens is 258 g/mol. The molecule has 0 heterocycles. The SMILES string of the molecule is CCOCCN(CCCBr)CCOCC. The van der Waals surface area contributed by atoms with Crippen LogP contribution in [0.25, 0.3) is 0 Å². The normalized spacial score (nSPS) is 11.2. The van der Waals surface area contributed by atoms with Crippen molar-refractivity contribution in [2.75, 3.05) is 51.4 Å². The number of hydrogen-bond donors (Lipinski definition) is 0. The van der Waals surface area contributed by atoms with Gasteiger partial charge in [0, 0.05) is 31.6 Å². The van der Waals surface area contributed by atoms with Gasteiger partial charge in [0.15, 0.2) is 0 Å². The van der Waals surface area contributed by atoms with Crippen molar-refractivity contribution in [3.05, 3.63) is 0 Å². The first kappa shape index (κ1) is 15.4. The fourth-order valence-electron chi connectivity index (χ4n) is 1.29. The highest BCUT2D eigenvalue weighted by atomic mass is 79.9. The maximum absolute atomic E-state index is 5.36. The van der Waals surface area contributed by atoms with Crippen molar-refractivity contribution in [1.29, 1.82) is 0 Å². The van der Waals surface area contributed by atoms with E-state index in [1.54, 1.807) is 0 Å². The summed E-state index contributed by atoms with van der Waals surface area (Å²) in [5, 5.41) is 1.06. The Hall–Kier alpha value is 0.360. The van der Waals surface area contributed by atoms with Gasteiger partial charge in [-0.1, -0.05) is 15.9 Å². The third-order valence-electron chi connectivity index (χ3n) is 2.12. The second kappa shape index (κ2) is 12.4. The van der Waals surface area contributed by atoms with Crippen LogP contribution < -0.4 is 0 Å². The Morgan fingerprint density at radius 2 is 1.47 bits per heavy atom. The molecule has 0 aliphatic carbocycles. The fraction of sp³-hybridized carbons (Fsp3) is 1.00. The maximum atomic E-state index is 5.36. The molecule has 0 aromatic heterocycles. The molecule has 0 saturated carbocycles. The van der Waals surface area contributed by atoms with Gasteiger partial charge in [-0.25, -0.2) is 0 Å². The van der Waals surface area contributed by atoms with Crippen LogP contribution in [-0.2, 0) is 9.47 Å². The smallest absolute Gasteiger partial charge is 0.0593 e. The van der Waals surface area contributed by atoms with E-state index < -0.39 is 0 Å². The second-order valence-electron chi connectivity index (χ2n) is 3.28. The highest BCUT2D eigenvalue weighted by Gasteiger charge is 2.03. The van der Waals surface area contributed by atoms with Crippen molar-refractivity contribution in [3.8, 4) is 0 Å². The lowest BCUT2D eigenvalue weighted by Gasteiger charge is -2.21. The summed E-state index contributed by atoms with van der Waals surface area (Å²) in [6.07, 6.45) is 1.18. The van der Waals surface area contributed by atoms with Crippen LogP contribution in [0.3, 0.4) is 0 Å². The predicted molar refractivity (Wildman–Crippen MR) is 67.8 cm³/mol. The van der Waals surface area contributed by atoms with E-state index in [1.165, 1.54) is 6.42 Å². The molecule has 0 fully saturated rings. The van der Waals surface area contributed by atoms with Crippen LogP contribution in [0.1, 0.15) is 20.3 Å². The summed E-state index contributed by atoms with van der Waals surface area (Å²) >= 11 is 3.45. The number of ether oxygens (including phenoxy) is 2. The van der Waals surface area contributed by atoms with Gasteiger partial charge in [0.05, 0.1) is 13.2 Å². The molecule has 3 nitrogen and oxygen atoms in total. The zero-order valence-electron chi connectivity index (χ0n) is 10.0. The lowest BCUT2D eigenvalue weighted by atomic mass is 10.4. The summed E-state index contributed by atoms with van der Waals surface area (Å²) in [7, 11) is 0. The molecule has 0 amide bonds. The third kappa shape index (κ3) is 10.6. The standard InChI is InChI=1S/C11H24BrNO2/c1-3-14-10-8-13(7-5-6-12)9-11-15-4-2/h3-11H2,1-2H3. The van der Waals surface area contributed by atoms with E-state index in [4.69, 9.17) is 9.47 Å². The van der Waals surface area contributed by atoms with Crippen LogP contribution in [0.2, 0.25) is 0 Å². The summed E-state index contributed by atoms with van der Waals surface area (Å²) in [6.45, 7) is 10.4. The summed E-state index contributed by atoms with van der Waals surface area (Å²) in [6, 6.07) is 0. The number of rotatable bonds is 11. The van der Waals surface area contributed by atoms with Crippen LogP contribution in [0.15, 0.2) is 0 Å². The van der Waals surface area contributed by atoms with Gasteiger partial charge in [0.25, 0.3) is 0 Å². The molecule has 0 atom stereocenters. The maximum Gasteiger partial charge on any atom is 0.0593 e. The average molecular weight is 282 g/mol. The molecule has 0 aliphatic rings. The van der Waals surface area contributed by atoms with Crippen molar-refractivity contribution in [1.82, 2.24) is 4.90 Å². The molecule has 0 aromatic carbocycles. The number of halogens is 1. The summed E-state index contributed by atoms with van der Waals surface area (Å²) in [5.74, 6) is 0. The minimum Gasteiger partial charge on any atom is -0.380 e. The first-order chi connectivity index (χ1) is 7.35. The molecule has 0 unspecified atom stereocenters. The lowest BCUT2D eigenvalue weighted by molar-refractivity contribution is 0.0830. The molecular formula is C11H24BrNO2. The Labute approximate surface area is 102 Å². The van der Waals surface area contributed by atoms with Gasteiger partial charge in [-0.15, -0.1) is 0 Å². The van der Waals surface area contributed by atoms with Crippen molar-refractivity contribution in [2.24, 2.45) is 0 Å². The molecule has 92 valence electrons. The highest BCUT2D eigenvalue weighted by molar-refractivity contribution is 9.09. The highest BCUT2D eigenvalue weighted by Crippen LogP contribution is 1.95. The van der Waals surface area contributed by atoms with E-state index in [1.807, 2.05) is 13.8 Å². The van der Waals surface area contributed by atoms with Gasteiger partial charge in [0.1, 0.15) is 0 Å². The molecule has 0 N–H and O–H groups in total. The molecule has 0 aromatic rings. The molecule has 0 rings (SSSR count). The molecule has 15 heavy (non-hydrogen) atoms. The van der Waals surface area contributed by atoms with Crippen molar-refractivity contribution in [3.63, 3.8) is 0 Å². The van der Waals surface area contributed by atoms with E-state index >= 15 is 0 Å². The van der Waals surface area contributed by atoms with Crippen LogP contribution in [0.4, 0.5) is 0 Å². The summed E-state index contributed by atoms with van der Waals surface area (Å²) < 4.78 is 10.7. The van der Waals surface area contributed by atoms with E-state index in [2.05, 4.69) is 20.8 Å². The minimum atomic E-state index is 0.803. The van der Waals surface area contributed by atoms with E-state index in [-0.39, 0.29) is 0 Å². The Kier molecular flexibility index (Phi) is 12.7. The Balaban J connectivity index is 3.53. The monoisotopic (exact) mass is 281 g/mol. The quantitative estimate of drug-likeness (QED) is 0.428. The van der Waals surface area contributed by atoms with Gasteiger partial charge in [-0.2, -0.15) is 0 Å². The molecule has 0 saturated heterocycles. The Morgan fingerprint density at radius 3 is 1.87 bits per heavy atom. The topological polar surface area (TPSA) is 21.7 Å². The zero-order chi connectivity index (χ0) is 11.4. The summed E-state index contributed by atoms with van der Waals surface area (Å²) in [4.78, 5) is 2.40. The molecule has 0 radical (unpaired) electrons. The van der Waals surface area contributed by atoms with Crippen LogP contribution >= 0.6 is 15.9 Å². The Morgan fingerprint density at radius 1 is 0.933 bits per heavy atom. The fourth-order valence-corrected chi connectivity index (χ4v) is 1.55. The van der Waals surface area contributed by atoms with Gasteiger partial charge in [-0.3, -0.25) is 4.90 Å². The number of nitrogens with zero attached hydrogens (tertiary/aromatic N) is 1. The van der Waals surface area contributed by atoms with Gasteiger partial charge in [0.2, 0.25) is 0 Å². The van der Waals surface area contributed by atoms with E-state index in [0.29, 0.717) is 0 Å². The molecule has 0 aliphatic heterocycles. The minimum absolute atomic E-state index is 0.803. The summed E-state index contributed by atoms with van der Waals surface area (Å²) in [5.41, 5.74) is 0. The van der Waals surface area contributed by atoms with Crippen LogP contribution in [-0.4, -0.2) is 56.3 Å². The molecule has 0 bridgehead atoms. The second-order valence-corrected chi connectivity index (χ2v) is 4.07.